The van der Waals surface area contributed by atoms with Crippen molar-refractivity contribution in [2.75, 3.05) is 12.4 Å². The Bertz CT molecular complexity index is 1120. The van der Waals surface area contributed by atoms with Crippen LogP contribution in [-0.2, 0) is 14.6 Å². The van der Waals surface area contributed by atoms with E-state index in [1.807, 2.05) is 36.4 Å². The highest BCUT2D eigenvalue weighted by Crippen LogP contribution is 2.31. The molecule has 28 heavy (non-hydrogen) atoms. The first-order valence-electron chi connectivity index (χ1n) is 9.12. The molecule has 1 N–H and O–H groups in total. The minimum atomic E-state index is -3.63. The van der Waals surface area contributed by atoms with E-state index in [-0.39, 0.29) is 29.0 Å². The van der Waals surface area contributed by atoms with Crippen LogP contribution in [0.15, 0.2) is 65.7 Å². The van der Waals surface area contributed by atoms with Gasteiger partial charge in [-0.25, -0.2) is 8.42 Å². The van der Waals surface area contributed by atoms with Gasteiger partial charge in [0.1, 0.15) is 5.75 Å². The van der Waals surface area contributed by atoms with Gasteiger partial charge in [0.2, 0.25) is 5.91 Å². The molecule has 0 saturated heterocycles. The average Bonchev–Trinajstić information content (AvgIpc) is 2.72. The van der Waals surface area contributed by atoms with E-state index in [2.05, 4.69) is 10.3 Å². The zero-order valence-electron chi connectivity index (χ0n) is 15.2. The van der Waals surface area contributed by atoms with Crippen LogP contribution in [0.25, 0.3) is 10.9 Å². The van der Waals surface area contributed by atoms with Crippen LogP contribution in [0, 0.1) is 0 Å². The van der Waals surface area contributed by atoms with Crippen LogP contribution in [0.4, 0.5) is 0 Å². The van der Waals surface area contributed by atoms with Gasteiger partial charge in [-0.1, -0.05) is 36.4 Å². The van der Waals surface area contributed by atoms with E-state index < -0.39 is 9.84 Å². The minimum absolute atomic E-state index is 0.106. The summed E-state index contributed by atoms with van der Waals surface area (Å²) in [6.07, 6.45) is 2.12. The Kier molecular flexibility index (Phi) is 5.00. The van der Waals surface area contributed by atoms with Crippen molar-refractivity contribution in [2.45, 2.75) is 23.8 Å². The number of hydrogen-bond acceptors (Lipinski definition) is 5. The summed E-state index contributed by atoms with van der Waals surface area (Å²) in [5.74, 6) is 0.200. The Hall–Kier alpha value is -2.93. The number of carbonyl (C=O) groups is 1. The van der Waals surface area contributed by atoms with Gasteiger partial charge in [-0.05, 0) is 18.2 Å². The zero-order chi connectivity index (χ0) is 19.6. The summed E-state index contributed by atoms with van der Waals surface area (Å²) in [7, 11) is -3.63. The van der Waals surface area contributed by atoms with E-state index in [0.29, 0.717) is 18.5 Å². The lowest BCUT2D eigenvalue weighted by molar-refractivity contribution is -0.121. The molecule has 1 atom stereocenters. The molecule has 0 unspecified atom stereocenters. The van der Waals surface area contributed by atoms with Gasteiger partial charge in [0.25, 0.3) is 0 Å². The summed E-state index contributed by atoms with van der Waals surface area (Å²) in [6, 6.07) is 16.0. The number of rotatable bonds is 5. The molecule has 7 heteroatoms. The fourth-order valence-electron chi connectivity index (χ4n) is 3.42. The second-order valence-electron chi connectivity index (χ2n) is 6.70. The van der Waals surface area contributed by atoms with Gasteiger partial charge in [0, 0.05) is 30.0 Å². The SMILES string of the molecule is O=C(CCS(=O)(=O)c1cccc2cccnc12)N[C@@H]1CCOc2ccccc21. The Morgan fingerprint density at radius 3 is 2.82 bits per heavy atom. The number of pyridine rings is 1. The maximum atomic E-state index is 12.8. The largest absolute Gasteiger partial charge is 0.493 e. The van der Waals surface area contributed by atoms with Crippen molar-refractivity contribution in [3.8, 4) is 5.75 Å². The van der Waals surface area contributed by atoms with Gasteiger partial charge in [-0.15, -0.1) is 0 Å². The third-order valence-electron chi connectivity index (χ3n) is 4.82. The Morgan fingerprint density at radius 2 is 1.93 bits per heavy atom. The molecular formula is C21H20N2O4S. The summed E-state index contributed by atoms with van der Waals surface area (Å²) in [6.45, 7) is 0.516. The molecule has 1 amide bonds. The monoisotopic (exact) mass is 396 g/mol. The lowest BCUT2D eigenvalue weighted by atomic mass is 10.0. The van der Waals surface area contributed by atoms with Crippen molar-refractivity contribution in [2.24, 2.45) is 0 Å². The van der Waals surface area contributed by atoms with E-state index in [0.717, 1.165) is 16.7 Å². The van der Waals surface area contributed by atoms with Gasteiger partial charge in [-0.3, -0.25) is 9.78 Å². The number of nitrogens with zero attached hydrogens (tertiary/aromatic N) is 1. The van der Waals surface area contributed by atoms with Gasteiger partial charge in [0.15, 0.2) is 9.84 Å². The second kappa shape index (κ2) is 7.59. The standard InChI is InChI=1S/C21H20N2O4S/c24-20(23-17-10-13-27-18-8-2-1-7-16(17)18)11-14-28(25,26)19-9-3-5-15-6-4-12-22-21(15)19/h1-9,12,17H,10-11,13-14H2,(H,23,24)/t17-/m1/s1. The molecule has 0 aliphatic carbocycles. The summed E-state index contributed by atoms with van der Waals surface area (Å²) in [4.78, 5) is 16.8. The normalized spacial score (nSPS) is 16.2. The highest BCUT2D eigenvalue weighted by atomic mass is 32.2. The quantitative estimate of drug-likeness (QED) is 0.716. The average molecular weight is 396 g/mol. The molecule has 0 saturated carbocycles. The molecule has 1 aliphatic rings. The Labute approximate surface area is 163 Å². The summed E-state index contributed by atoms with van der Waals surface area (Å²) in [5, 5.41) is 3.69. The number of nitrogens with one attached hydrogen (secondary N) is 1. The number of aromatic nitrogens is 1. The first-order valence-corrected chi connectivity index (χ1v) is 10.8. The maximum Gasteiger partial charge on any atom is 0.221 e. The second-order valence-corrected chi connectivity index (χ2v) is 8.77. The topological polar surface area (TPSA) is 85.4 Å². The Morgan fingerprint density at radius 1 is 1.11 bits per heavy atom. The lowest BCUT2D eigenvalue weighted by Crippen LogP contribution is -2.33. The van der Waals surface area contributed by atoms with Crippen LogP contribution in [0.2, 0.25) is 0 Å². The zero-order valence-corrected chi connectivity index (χ0v) is 16.0. The smallest absolute Gasteiger partial charge is 0.221 e. The molecule has 0 fully saturated rings. The van der Waals surface area contributed by atoms with Crippen LogP contribution in [0.1, 0.15) is 24.4 Å². The molecular weight excluding hydrogens is 376 g/mol. The van der Waals surface area contributed by atoms with Gasteiger partial charge in [0.05, 0.1) is 28.8 Å². The van der Waals surface area contributed by atoms with E-state index >= 15 is 0 Å². The first-order chi connectivity index (χ1) is 13.5. The molecule has 1 aliphatic heterocycles. The third-order valence-corrected chi connectivity index (χ3v) is 6.56. The number of hydrogen-bond donors (Lipinski definition) is 1. The fourth-order valence-corrected chi connectivity index (χ4v) is 4.85. The number of benzene rings is 2. The summed E-state index contributed by atoms with van der Waals surface area (Å²) >= 11 is 0. The van der Waals surface area contributed by atoms with Crippen LogP contribution < -0.4 is 10.1 Å². The highest BCUT2D eigenvalue weighted by Gasteiger charge is 2.24. The fraction of sp³-hybridized carbons (Fsp3) is 0.238. The van der Waals surface area contributed by atoms with Crippen molar-refractivity contribution in [3.63, 3.8) is 0 Å². The molecule has 2 aromatic carbocycles. The summed E-state index contributed by atoms with van der Waals surface area (Å²) < 4.78 is 31.2. The number of fused-ring (bicyclic) bond motifs is 2. The molecule has 0 radical (unpaired) electrons. The molecule has 4 rings (SSSR count). The number of para-hydroxylation sites is 2. The van der Waals surface area contributed by atoms with E-state index in [4.69, 9.17) is 4.74 Å². The highest BCUT2D eigenvalue weighted by molar-refractivity contribution is 7.91. The van der Waals surface area contributed by atoms with Crippen molar-refractivity contribution < 1.29 is 17.9 Å². The molecule has 2 heterocycles. The molecule has 144 valence electrons. The lowest BCUT2D eigenvalue weighted by Gasteiger charge is -2.26. The van der Waals surface area contributed by atoms with Crippen molar-refractivity contribution >= 4 is 26.6 Å². The van der Waals surface area contributed by atoms with Crippen molar-refractivity contribution in [1.29, 1.82) is 0 Å². The van der Waals surface area contributed by atoms with E-state index in [1.54, 1.807) is 18.3 Å². The number of amides is 1. The third kappa shape index (κ3) is 3.71. The van der Waals surface area contributed by atoms with Crippen LogP contribution >= 0.6 is 0 Å². The van der Waals surface area contributed by atoms with Gasteiger partial charge < -0.3 is 10.1 Å². The predicted octanol–water partition coefficient (Wildman–Crippen LogP) is 3.04. The van der Waals surface area contributed by atoms with Crippen LogP contribution in [-0.4, -0.2) is 31.7 Å². The van der Waals surface area contributed by atoms with Gasteiger partial charge in [-0.2, -0.15) is 0 Å². The number of sulfone groups is 1. The molecule has 0 bridgehead atoms. The van der Waals surface area contributed by atoms with Gasteiger partial charge >= 0.3 is 0 Å². The number of ether oxygens (including phenoxy) is 1. The van der Waals surface area contributed by atoms with E-state index in [1.165, 1.54) is 6.07 Å². The van der Waals surface area contributed by atoms with Crippen LogP contribution in [0.3, 0.4) is 0 Å². The maximum absolute atomic E-state index is 12.8. The van der Waals surface area contributed by atoms with E-state index in [9.17, 15) is 13.2 Å². The molecule has 1 aromatic heterocycles. The Balaban J connectivity index is 1.46. The number of carbonyl (C=O) groups excluding carboxylic acids is 1. The minimum Gasteiger partial charge on any atom is -0.493 e. The molecule has 3 aromatic rings. The van der Waals surface area contributed by atoms with Crippen LogP contribution in [0.5, 0.6) is 5.75 Å². The molecule has 6 nitrogen and oxygen atoms in total. The predicted molar refractivity (Wildman–Crippen MR) is 106 cm³/mol. The summed E-state index contributed by atoms with van der Waals surface area (Å²) in [5.41, 5.74) is 1.35. The first kappa shape index (κ1) is 18.4. The molecule has 0 spiro atoms. The van der Waals surface area contributed by atoms with Crippen molar-refractivity contribution in [1.82, 2.24) is 10.3 Å². The van der Waals surface area contributed by atoms with Crippen molar-refractivity contribution in [3.05, 3.63) is 66.4 Å².